The second kappa shape index (κ2) is 15.3. The van der Waals surface area contributed by atoms with Crippen molar-refractivity contribution in [2.45, 2.75) is 115 Å². The highest BCUT2D eigenvalue weighted by Gasteiger charge is 2.61. The minimum Gasteiger partial charge on any atom is -0.492 e. The fourth-order valence-corrected chi connectivity index (χ4v) is 7.09. The van der Waals surface area contributed by atoms with Crippen LogP contribution in [0.15, 0.2) is 48.8 Å². The number of amides is 4. The number of nitrogens with one attached hydrogen (secondary N) is 2. The van der Waals surface area contributed by atoms with Crippen molar-refractivity contribution in [2.75, 3.05) is 13.2 Å². The first-order chi connectivity index (χ1) is 24.8. The number of fused-ring (bicyclic) bond motifs is 3. The van der Waals surface area contributed by atoms with Crippen molar-refractivity contribution >= 4 is 30.0 Å². The second-order valence-electron chi connectivity index (χ2n) is 15.0. The molecule has 0 radical (unpaired) electrons. The molecule has 15 nitrogen and oxygen atoms in total. The van der Waals surface area contributed by atoms with E-state index >= 15 is 0 Å². The maximum atomic E-state index is 14.2. The number of carboxylic acids is 1. The van der Waals surface area contributed by atoms with Gasteiger partial charge in [0.2, 0.25) is 11.8 Å². The molecule has 0 bridgehead atoms. The smallest absolute Gasteiger partial charge is 0.410 e. The number of aliphatic carboxylic acids is 1. The molecular weight excluding hydrogens is 672 g/mol. The van der Waals surface area contributed by atoms with E-state index in [9.17, 15) is 29.1 Å². The van der Waals surface area contributed by atoms with E-state index in [1.807, 2.05) is 42.6 Å². The maximum Gasteiger partial charge on any atom is 0.410 e. The monoisotopic (exact) mass is 720 g/mol. The third-order valence-corrected chi connectivity index (χ3v) is 9.89. The molecule has 4 amide bonds. The first kappa shape index (κ1) is 36.7. The molecule has 3 N–H and O–H groups in total. The van der Waals surface area contributed by atoms with Gasteiger partial charge in [-0.05, 0) is 75.8 Å². The Morgan fingerprint density at radius 1 is 1.12 bits per heavy atom. The van der Waals surface area contributed by atoms with Crippen LogP contribution in [0.2, 0.25) is 0 Å². The number of carbonyl (C=O) groups is 5. The minimum atomic E-state index is -1.48. The van der Waals surface area contributed by atoms with Crippen LogP contribution in [0, 0.1) is 5.92 Å². The summed E-state index contributed by atoms with van der Waals surface area (Å²) in [6.45, 7) is 6.69. The van der Waals surface area contributed by atoms with Gasteiger partial charge in [0.05, 0.1) is 13.1 Å². The van der Waals surface area contributed by atoms with E-state index in [0.29, 0.717) is 44.8 Å². The molecule has 1 aromatic heterocycles. The van der Waals surface area contributed by atoms with Crippen LogP contribution in [0.25, 0.3) is 0 Å². The first-order valence-corrected chi connectivity index (χ1v) is 18.0. The van der Waals surface area contributed by atoms with Crippen LogP contribution in [-0.2, 0) is 43.5 Å². The van der Waals surface area contributed by atoms with Gasteiger partial charge in [0.25, 0.3) is 0 Å². The Morgan fingerprint density at radius 3 is 2.67 bits per heavy atom. The normalized spacial score (nSPS) is 26.8. The number of allylic oxidation sites excluding steroid dienone is 1. The zero-order valence-corrected chi connectivity index (χ0v) is 29.9. The van der Waals surface area contributed by atoms with Gasteiger partial charge in [0.1, 0.15) is 41.7 Å². The quantitative estimate of drug-likeness (QED) is 0.357. The molecule has 2 fully saturated rings. The van der Waals surface area contributed by atoms with Crippen LogP contribution >= 0.6 is 0 Å². The fraction of sp³-hybridized carbons (Fsp3) is 0.568. The van der Waals surface area contributed by atoms with Crippen LogP contribution in [0.4, 0.5) is 9.59 Å². The summed E-state index contributed by atoms with van der Waals surface area (Å²) in [7, 11) is 0. The Labute approximate surface area is 302 Å². The number of carbonyl (C=O) groups excluding carboxylic acids is 4. The van der Waals surface area contributed by atoms with Crippen LogP contribution in [0.5, 0.6) is 5.75 Å². The molecule has 6 rings (SSSR count). The lowest BCUT2D eigenvalue weighted by atomic mass is 10.0. The molecule has 15 heteroatoms. The Bertz CT molecular complexity index is 1690. The SMILES string of the molecule is CC(C)(C)OC(=O)N[C@H]1CCCCC/C=C\[C@H]2C[C@@]2(C(=O)O)NC(=O)[C@@H]2C[C@@H](OC(=O)N3Cc4ccc(OCCn5cccn5)cc4C3)CN2C1=O. The fourth-order valence-electron chi connectivity index (χ4n) is 7.09. The van der Waals surface area contributed by atoms with Gasteiger partial charge in [-0.3, -0.25) is 19.2 Å². The molecule has 4 aliphatic rings. The van der Waals surface area contributed by atoms with E-state index < -0.39 is 59.3 Å². The molecule has 52 heavy (non-hydrogen) atoms. The van der Waals surface area contributed by atoms with E-state index in [-0.39, 0.29) is 25.3 Å². The summed E-state index contributed by atoms with van der Waals surface area (Å²) < 4.78 is 19.0. The highest BCUT2D eigenvalue weighted by molar-refractivity contribution is 5.96. The molecule has 1 saturated carbocycles. The van der Waals surface area contributed by atoms with E-state index in [1.165, 1.54) is 4.90 Å². The maximum absolute atomic E-state index is 14.2. The molecular formula is C37H48N6O9. The van der Waals surface area contributed by atoms with Crippen molar-refractivity contribution in [3.63, 3.8) is 0 Å². The predicted octanol–water partition coefficient (Wildman–Crippen LogP) is 3.76. The number of aromatic nitrogens is 2. The molecule has 0 spiro atoms. The lowest BCUT2D eigenvalue weighted by Crippen LogP contribution is -2.56. The zero-order valence-electron chi connectivity index (χ0n) is 29.9. The largest absolute Gasteiger partial charge is 0.492 e. The van der Waals surface area contributed by atoms with E-state index in [1.54, 1.807) is 36.5 Å². The van der Waals surface area contributed by atoms with Gasteiger partial charge in [-0.2, -0.15) is 5.10 Å². The van der Waals surface area contributed by atoms with Gasteiger partial charge >= 0.3 is 18.2 Å². The third-order valence-electron chi connectivity index (χ3n) is 9.89. The van der Waals surface area contributed by atoms with Crippen molar-refractivity contribution in [3.8, 4) is 5.75 Å². The number of hydrogen-bond donors (Lipinski definition) is 3. The molecule has 1 saturated heterocycles. The number of nitrogens with zero attached hydrogens (tertiary/aromatic N) is 4. The van der Waals surface area contributed by atoms with Gasteiger partial charge in [-0.1, -0.05) is 31.1 Å². The molecule has 3 aliphatic heterocycles. The number of alkyl carbamates (subject to hydrolysis) is 1. The van der Waals surface area contributed by atoms with Crippen molar-refractivity contribution in [2.24, 2.45) is 5.92 Å². The van der Waals surface area contributed by atoms with E-state index in [0.717, 1.165) is 30.4 Å². The van der Waals surface area contributed by atoms with Crippen LogP contribution in [0.3, 0.4) is 0 Å². The summed E-state index contributed by atoms with van der Waals surface area (Å²) in [4.78, 5) is 69.7. The van der Waals surface area contributed by atoms with Gasteiger partial charge in [0.15, 0.2) is 0 Å². The van der Waals surface area contributed by atoms with Crippen molar-refractivity contribution in [3.05, 3.63) is 59.9 Å². The highest BCUT2D eigenvalue weighted by Crippen LogP contribution is 2.45. The number of ether oxygens (including phenoxy) is 3. The second-order valence-corrected chi connectivity index (χ2v) is 15.0. The Hall–Kier alpha value is -5.08. The number of hydrogen-bond acceptors (Lipinski definition) is 9. The highest BCUT2D eigenvalue weighted by atomic mass is 16.6. The van der Waals surface area contributed by atoms with Crippen LogP contribution in [-0.4, -0.2) is 97.1 Å². The average molecular weight is 721 g/mol. The third kappa shape index (κ3) is 8.68. The van der Waals surface area contributed by atoms with Crippen LogP contribution < -0.4 is 15.4 Å². The summed E-state index contributed by atoms with van der Waals surface area (Å²) >= 11 is 0. The topological polar surface area (TPSA) is 182 Å². The summed E-state index contributed by atoms with van der Waals surface area (Å²) in [5.41, 5.74) is -0.405. The number of benzene rings is 1. The van der Waals surface area contributed by atoms with Gasteiger partial charge in [0, 0.05) is 37.8 Å². The van der Waals surface area contributed by atoms with E-state index in [2.05, 4.69) is 15.7 Å². The van der Waals surface area contributed by atoms with Crippen molar-refractivity contribution in [1.82, 2.24) is 30.2 Å². The molecule has 5 atom stereocenters. The first-order valence-electron chi connectivity index (χ1n) is 18.0. The number of rotatable bonds is 7. The Kier molecular flexibility index (Phi) is 10.8. The zero-order chi connectivity index (χ0) is 37.0. The summed E-state index contributed by atoms with van der Waals surface area (Å²) in [6.07, 6.45) is 8.57. The molecule has 0 unspecified atom stereocenters. The minimum absolute atomic E-state index is 0.0340. The molecule has 4 heterocycles. The van der Waals surface area contributed by atoms with Crippen molar-refractivity contribution in [1.29, 1.82) is 0 Å². The van der Waals surface area contributed by atoms with Gasteiger partial charge in [-0.25, -0.2) is 14.4 Å². The lowest BCUT2D eigenvalue weighted by Gasteiger charge is -2.30. The molecule has 2 aromatic rings. The molecule has 1 aromatic carbocycles. The lowest BCUT2D eigenvalue weighted by molar-refractivity contribution is -0.145. The van der Waals surface area contributed by atoms with E-state index in [4.69, 9.17) is 14.2 Å². The Morgan fingerprint density at radius 2 is 1.92 bits per heavy atom. The van der Waals surface area contributed by atoms with Gasteiger partial charge < -0.3 is 34.9 Å². The summed E-state index contributed by atoms with van der Waals surface area (Å²) in [6, 6.07) is 5.38. The molecule has 1 aliphatic carbocycles. The Balaban J connectivity index is 1.15. The summed E-state index contributed by atoms with van der Waals surface area (Å²) in [5, 5.41) is 19.7. The summed E-state index contributed by atoms with van der Waals surface area (Å²) in [5.74, 6) is -2.03. The van der Waals surface area contributed by atoms with Crippen LogP contribution in [0.1, 0.15) is 76.8 Å². The van der Waals surface area contributed by atoms with Crippen molar-refractivity contribution < 1.29 is 43.3 Å². The predicted molar refractivity (Wildman–Crippen MR) is 186 cm³/mol. The average Bonchev–Trinajstić information content (AvgIpc) is 3.50. The standard InChI is InChI=1S/C37H48N6O9/c1-36(2,3)52-34(48)39-29-11-8-6-4-5-7-10-26-20-37(26,33(46)47)40-31(44)30-19-28(23-43(30)32(29)45)51-35(49)41-21-24-12-13-27(18-25(24)22-41)50-17-16-42-15-9-14-38-42/h7,9-10,12-15,18,26,28-30H,4-6,8,11,16-17,19-23H2,1-3H3,(H,39,48)(H,40,44)(H,46,47)/b10-7-/t26-,28+,29-,30-,37+/m0/s1. The molecule has 280 valence electrons. The van der Waals surface area contributed by atoms with Gasteiger partial charge in [-0.15, -0.1) is 0 Å². The number of carboxylic acid groups (broad SMARTS) is 1.